The Morgan fingerprint density at radius 1 is 1.59 bits per heavy atom. The zero-order valence-electron chi connectivity index (χ0n) is 9.93. The van der Waals surface area contributed by atoms with E-state index in [1.807, 2.05) is 6.07 Å². The number of hydrogen-bond acceptors (Lipinski definition) is 4. The topological polar surface area (TPSA) is 72.4 Å². The van der Waals surface area contributed by atoms with Crippen LogP contribution in [0, 0.1) is 17.0 Å². The minimum Gasteiger partial charge on any atom is -0.367 e. The molecule has 17 heavy (non-hydrogen) atoms. The Hall–Kier alpha value is -1.62. The zero-order valence-corrected chi connectivity index (χ0v) is 9.93. The molecular formula is C12H17N3O2. The molecule has 1 atom stereocenters. The second-order valence-corrected chi connectivity index (χ2v) is 4.45. The number of aryl methyl sites for hydroxylation is 1. The van der Waals surface area contributed by atoms with E-state index in [1.54, 1.807) is 19.1 Å². The molecule has 0 saturated carbocycles. The number of nitrogens with zero attached hydrogens (tertiary/aromatic N) is 2. The number of nitro groups is 1. The third-order valence-corrected chi connectivity index (χ3v) is 3.37. The summed E-state index contributed by atoms with van der Waals surface area (Å²) in [6.45, 7) is 3.29. The molecule has 1 aliphatic heterocycles. The van der Waals surface area contributed by atoms with Crippen molar-refractivity contribution in [1.82, 2.24) is 0 Å². The van der Waals surface area contributed by atoms with E-state index in [0.29, 0.717) is 18.2 Å². The first-order chi connectivity index (χ1) is 8.13. The quantitative estimate of drug-likeness (QED) is 0.640. The fourth-order valence-corrected chi connectivity index (χ4v) is 2.39. The van der Waals surface area contributed by atoms with Gasteiger partial charge in [-0.05, 0) is 25.8 Å². The van der Waals surface area contributed by atoms with Crippen molar-refractivity contribution in [2.75, 3.05) is 18.0 Å². The average molecular weight is 235 g/mol. The van der Waals surface area contributed by atoms with E-state index in [0.717, 1.165) is 25.1 Å². The van der Waals surface area contributed by atoms with Crippen molar-refractivity contribution in [3.05, 3.63) is 33.9 Å². The fraction of sp³-hybridized carbons (Fsp3) is 0.500. The summed E-state index contributed by atoms with van der Waals surface area (Å²) in [6.07, 6.45) is 2.17. The van der Waals surface area contributed by atoms with Crippen LogP contribution in [0.5, 0.6) is 0 Å². The first-order valence-electron chi connectivity index (χ1n) is 5.85. The molecule has 2 N–H and O–H groups in total. The van der Waals surface area contributed by atoms with Gasteiger partial charge in [0.1, 0.15) is 0 Å². The SMILES string of the molecule is Cc1ccc(N2CCCC2CN)cc1[N+](=O)[O-]. The number of anilines is 1. The Bertz CT molecular complexity index is 434. The van der Waals surface area contributed by atoms with Crippen LogP contribution in [-0.2, 0) is 0 Å². The summed E-state index contributed by atoms with van der Waals surface area (Å²) in [5.74, 6) is 0. The van der Waals surface area contributed by atoms with Crippen LogP contribution in [0.2, 0.25) is 0 Å². The van der Waals surface area contributed by atoms with Crippen LogP contribution in [0.4, 0.5) is 11.4 Å². The number of hydrogen-bond donors (Lipinski definition) is 1. The first kappa shape index (κ1) is 11.9. The summed E-state index contributed by atoms with van der Waals surface area (Å²) >= 11 is 0. The molecule has 1 aromatic rings. The van der Waals surface area contributed by atoms with Gasteiger partial charge in [0, 0.05) is 36.4 Å². The molecule has 1 heterocycles. The summed E-state index contributed by atoms with van der Waals surface area (Å²) in [6, 6.07) is 5.72. The van der Waals surface area contributed by atoms with Gasteiger partial charge in [-0.15, -0.1) is 0 Å². The van der Waals surface area contributed by atoms with Crippen molar-refractivity contribution in [2.45, 2.75) is 25.8 Å². The van der Waals surface area contributed by atoms with E-state index < -0.39 is 0 Å². The molecule has 0 spiro atoms. The maximum Gasteiger partial charge on any atom is 0.274 e. The van der Waals surface area contributed by atoms with E-state index in [9.17, 15) is 10.1 Å². The first-order valence-corrected chi connectivity index (χ1v) is 5.85. The lowest BCUT2D eigenvalue weighted by atomic mass is 10.1. The molecule has 1 fully saturated rings. The summed E-state index contributed by atoms with van der Waals surface area (Å²) in [7, 11) is 0. The lowest BCUT2D eigenvalue weighted by Crippen LogP contribution is -2.35. The van der Waals surface area contributed by atoms with Crippen LogP contribution in [0.25, 0.3) is 0 Å². The average Bonchev–Trinajstić information content (AvgIpc) is 2.77. The molecule has 0 aliphatic carbocycles. The molecule has 1 aliphatic rings. The molecule has 0 amide bonds. The third kappa shape index (κ3) is 2.24. The molecule has 1 saturated heterocycles. The van der Waals surface area contributed by atoms with E-state index in [4.69, 9.17) is 5.73 Å². The van der Waals surface area contributed by atoms with Gasteiger partial charge in [-0.25, -0.2) is 0 Å². The molecule has 2 rings (SSSR count). The van der Waals surface area contributed by atoms with Gasteiger partial charge < -0.3 is 10.6 Å². The minimum absolute atomic E-state index is 0.185. The lowest BCUT2D eigenvalue weighted by molar-refractivity contribution is -0.385. The lowest BCUT2D eigenvalue weighted by Gasteiger charge is -2.25. The van der Waals surface area contributed by atoms with Crippen LogP contribution in [0.3, 0.4) is 0 Å². The highest BCUT2D eigenvalue weighted by Gasteiger charge is 2.24. The number of nitro benzene ring substituents is 1. The Morgan fingerprint density at radius 3 is 3.00 bits per heavy atom. The molecular weight excluding hydrogens is 218 g/mol. The van der Waals surface area contributed by atoms with E-state index >= 15 is 0 Å². The van der Waals surface area contributed by atoms with Crippen LogP contribution in [-0.4, -0.2) is 24.1 Å². The summed E-state index contributed by atoms with van der Waals surface area (Å²) < 4.78 is 0. The number of nitrogens with two attached hydrogens (primary N) is 1. The highest BCUT2D eigenvalue weighted by Crippen LogP contribution is 2.29. The van der Waals surface area contributed by atoms with Crippen molar-refractivity contribution in [3.63, 3.8) is 0 Å². The molecule has 0 bridgehead atoms. The minimum atomic E-state index is -0.327. The maximum atomic E-state index is 10.9. The number of rotatable bonds is 3. The summed E-state index contributed by atoms with van der Waals surface area (Å²) in [5.41, 5.74) is 7.51. The molecule has 5 heteroatoms. The highest BCUT2D eigenvalue weighted by atomic mass is 16.6. The standard InChI is InChI=1S/C12H17N3O2/c1-9-4-5-10(7-12(9)15(16)17)14-6-2-3-11(14)8-13/h4-5,7,11H,2-3,6,8,13H2,1H3. The van der Waals surface area contributed by atoms with Gasteiger partial charge in [0.05, 0.1) is 4.92 Å². The van der Waals surface area contributed by atoms with Crippen LogP contribution in [0.15, 0.2) is 18.2 Å². The summed E-state index contributed by atoms with van der Waals surface area (Å²) in [5, 5.41) is 10.9. The third-order valence-electron chi connectivity index (χ3n) is 3.37. The van der Waals surface area contributed by atoms with E-state index in [2.05, 4.69) is 4.90 Å². The van der Waals surface area contributed by atoms with Crippen molar-refractivity contribution >= 4 is 11.4 Å². The van der Waals surface area contributed by atoms with Gasteiger partial charge >= 0.3 is 0 Å². The van der Waals surface area contributed by atoms with E-state index in [-0.39, 0.29) is 10.6 Å². The van der Waals surface area contributed by atoms with Gasteiger partial charge in [-0.1, -0.05) is 6.07 Å². The molecule has 1 aromatic carbocycles. The van der Waals surface area contributed by atoms with Crippen molar-refractivity contribution in [1.29, 1.82) is 0 Å². The normalized spacial score (nSPS) is 19.6. The highest BCUT2D eigenvalue weighted by molar-refractivity contribution is 5.57. The monoisotopic (exact) mass is 235 g/mol. The van der Waals surface area contributed by atoms with Gasteiger partial charge in [0.25, 0.3) is 5.69 Å². The van der Waals surface area contributed by atoms with Gasteiger partial charge in [-0.2, -0.15) is 0 Å². The second kappa shape index (κ2) is 4.71. The maximum absolute atomic E-state index is 10.9. The Morgan fingerprint density at radius 2 is 2.35 bits per heavy atom. The predicted molar refractivity (Wildman–Crippen MR) is 67.3 cm³/mol. The van der Waals surface area contributed by atoms with Crippen LogP contribution < -0.4 is 10.6 Å². The molecule has 1 unspecified atom stereocenters. The van der Waals surface area contributed by atoms with Gasteiger partial charge in [0.2, 0.25) is 0 Å². The Kier molecular flexibility index (Phi) is 3.28. The largest absolute Gasteiger partial charge is 0.367 e. The van der Waals surface area contributed by atoms with E-state index in [1.165, 1.54) is 0 Å². The van der Waals surface area contributed by atoms with Crippen molar-refractivity contribution < 1.29 is 4.92 Å². The summed E-state index contributed by atoms with van der Waals surface area (Å²) in [4.78, 5) is 12.7. The van der Waals surface area contributed by atoms with Gasteiger partial charge in [-0.3, -0.25) is 10.1 Å². The second-order valence-electron chi connectivity index (χ2n) is 4.45. The molecule has 5 nitrogen and oxygen atoms in total. The van der Waals surface area contributed by atoms with Crippen LogP contribution in [0.1, 0.15) is 18.4 Å². The Balaban J connectivity index is 2.33. The number of benzene rings is 1. The van der Waals surface area contributed by atoms with Crippen molar-refractivity contribution in [3.8, 4) is 0 Å². The predicted octanol–water partition coefficient (Wildman–Crippen LogP) is 1.83. The smallest absolute Gasteiger partial charge is 0.274 e. The molecule has 0 aromatic heterocycles. The fourth-order valence-electron chi connectivity index (χ4n) is 2.39. The Labute approximate surface area is 100 Å². The van der Waals surface area contributed by atoms with Crippen LogP contribution >= 0.6 is 0 Å². The van der Waals surface area contributed by atoms with Crippen molar-refractivity contribution in [2.24, 2.45) is 5.73 Å². The van der Waals surface area contributed by atoms with Gasteiger partial charge in [0.15, 0.2) is 0 Å². The zero-order chi connectivity index (χ0) is 12.4. The molecule has 0 radical (unpaired) electrons. The molecule has 92 valence electrons.